The van der Waals surface area contributed by atoms with E-state index in [0.717, 1.165) is 4.90 Å². The number of para-hydroxylation sites is 1. The van der Waals surface area contributed by atoms with Gasteiger partial charge in [-0.3, -0.25) is 19.9 Å². The molecule has 4 amide bonds. The van der Waals surface area contributed by atoms with Crippen LogP contribution >= 0.6 is 11.6 Å². The van der Waals surface area contributed by atoms with E-state index in [4.69, 9.17) is 16.3 Å². The van der Waals surface area contributed by atoms with E-state index >= 15 is 0 Å². The fourth-order valence-corrected chi connectivity index (χ4v) is 2.59. The van der Waals surface area contributed by atoms with Crippen molar-refractivity contribution in [3.8, 4) is 5.75 Å². The van der Waals surface area contributed by atoms with Crippen LogP contribution < -0.4 is 15.0 Å². The minimum absolute atomic E-state index is 0.317. The van der Waals surface area contributed by atoms with Gasteiger partial charge in [0.1, 0.15) is 5.75 Å². The van der Waals surface area contributed by atoms with E-state index in [-0.39, 0.29) is 0 Å². The first-order chi connectivity index (χ1) is 12.5. The van der Waals surface area contributed by atoms with E-state index < -0.39 is 23.8 Å². The number of amides is 4. The number of imide groups is 2. The summed E-state index contributed by atoms with van der Waals surface area (Å²) in [5.74, 6) is -2.10. The molecule has 26 heavy (non-hydrogen) atoms. The molecule has 0 spiro atoms. The fraction of sp³-hybridized carbons (Fsp3) is 0.111. The van der Waals surface area contributed by atoms with Crippen molar-refractivity contribution < 1.29 is 19.1 Å². The summed E-state index contributed by atoms with van der Waals surface area (Å²) in [6.45, 7) is 0. The number of barbiturate groups is 1. The maximum absolute atomic E-state index is 12.7. The van der Waals surface area contributed by atoms with Crippen LogP contribution in [-0.4, -0.2) is 31.2 Å². The quantitative estimate of drug-likeness (QED) is 0.661. The van der Waals surface area contributed by atoms with Gasteiger partial charge in [-0.15, -0.1) is 0 Å². The topological polar surface area (TPSA) is 88.1 Å². The highest BCUT2D eigenvalue weighted by Gasteiger charge is 2.40. The van der Waals surface area contributed by atoms with E-state index in [1.165, 1.54) is 13.3 Å². The number of anilines is 1. The second-order valence-electron chi connectivity index (χ2n) is 5.37. The second-order valence-corrected chi connectivity index (χ2v) is 5.78. The van der Waals surface area contributed by atoms with Gasteiger partial charge >= 0.3 is 6.03 Å². The lowest BCUT2D eigenvalue weighted by Gasteiger charge is -2.28. The number of aliphatic imine (C=N–C) groups is 1. The highest BCUT2D eigenvalue weighted by molar-refractivity contribution is 6.34. The first kappa shape index (κ1) is 17.6. The Morgan fingerprint density at radius 1 is 1.12 bits per heavy atom. The van der Waals surface area contributed by atoms with Crippen LogP contribution in [0.4, 0.5) is 16.2 Å². The third-order valence-corrected chi connectivity index (χ3v) is 4.07. The molecule has 1 saturated heterocycles. The Labute approximate surface area is 154 Å². The molecule has 1 N–H and O–H groups in total. The molecule has 1 heterocycles. The molecular formula is C18H14ClN3O4. The molecule has 1 atom stereocenters. The molecule has 1 aliphatic heterocycles. The van der Waals surface area contributed by atoms with Crippen molar-refractivity contribution in [1.29, 1.82) is 0 Å². The maximum atomic E-state index is 12.7. The number of nitrogens with zero attached hydrogens (tertiary/aromatic N) is 2. The third kappa shape index (κ3) is 3.43. The average molecular weight is 372 g/mol. The van der Waals surface area contributed by atoms with Gasteiger partial charge in [0, 0.05) is 6.21 Å². The van der Waals surface area contributed by atoms with Crippen LogP contribution in [0.15, 0.2) is 53.5 Å². The van der Waals surface area contributed by atoms with Gasteiger partial charge < -0.3 is 4.74 Å². The number of rotatable bonds is 4. The summed E-state index contributed by atoms with van der Waals surface area (Å²) < 4.78 is 5.06. The minimum Gasteiger partial charge on any atom is -0.497 e. The summed E-state index contributed by atoms with van der Waals surface area (Å²) >= 11 is 6.02. The van der Waals surface area contributed by atoms with Gasteiger partial charge in [-0.1, -0.05) is 23.7 Å². The standard InChI is InChI=1S/C18H14ClN3O4/c1-26-12-8-6-11(7-9-12)22-17(24)13(16(23)21-18(22)25)10-20-15-5-3-2-4-14(15)19/h2-10,13H,1H3,(H,21,23,25)/t13-/m0/s1. The van der Waals surface area contributed by atoms with Gasteiger partial charge in [0.25, 0.3) is 5.91 Å². The molecule has 0 radical (unpaired) electrons. The molecule has 3 rings (SSSR count). The first-order valence-electron chi connectivity index (χ1n) is 7.63. The van der Waals surface area contributed by atoms with E-state index in [1.54, 1.807) is 48.5 Å². The predicted molar refractivity (Wildman–Crippen MR) is 97.1 cm³/mol. The van der Waals surface area contributed by atoms with Crippen LogP contribution in [0.2, 0.25) is 5.02 Å². The Bertz CT molecular complexity index is 896. The summed E-state index contributed by atoms with van der Waals surface area (Å²) in [4.78, 5) is 41.9. The molecule has 1 fully saturated rings. The number of hydrogen-bond donors (Lipinski definition) is 1. The van der Waals surface area contributed by atoms with Crippen molar-refractivity contribution in [2.75, 3.05) is 12.0 Å². The molecule has 0 bridgehead atoms. The van der Waals surface area contributed by atoms with E-state index in [1.807, 2.05) is 0 Å². The molecular weight excluding hydrogens is 358 g/mol. The summed E-state index contributed by atoms with van der Waals surface area (Å²) in [7, 11) is 1.51. The molecule has 0 unspecified atom stereocenters. The third-order valence-electron chi connectivity index (χ3n) is 3.75. The van der Waals surface area contributed by atoms with Crippen LogP contribution in [0.1, 0.15) is 0 Å². The largest absolute Gasteiger partial charge is 0.497 e. The maximum Gasteiger partial charge on any atom is 0.335 e. The van der Waals surface area contributed by atoms with Crippen LogP contribution in [0.3, 0.4) is 0 Å². The molecule has 2 aromatic rings. The number of hydrogen-bond acceptors (Lipinski definition) is 5. The van der Waals surface area contributed by atoms with Gasteiger partial charge in [0.15, 0.2) is 5.92 Å². The van der Waals surface area contributed by atoms with Crippen molar-refractivity contribution in [2.24, 2.45) is 10.9 Å². The van der Waals surface area contributed by atoms with Crippen LogP contribution in [0.5, 0.6) is 5.75 Å². The fourth-order valence-electron chi connectivity index (χ4n) is 2.41. The van der Waals surface area contributed by atoms with Gasteiger partial charge in [-0.05, 0) is 36.4 Å². The zero-order chi connectivity index (χ0) is 18.7. The number of nitrogens with one attached hydrogen (secondary N) is 1. The van der Waals surface area contributed by atoms with E-state index in [9.17, 15) is 14.4 Å². The van der Waals surface area contributed by atoms with Gasteiger partial charge in [0.2, 0.25) is 5.91 Å². The smallest absolute Gasteiger partial charge is 0.335 e. The van der Waals surface area contributed by atoms with Crippen molar-refractivity contribution in [1.82, 2.24) is 5.32 Å². The Morgan fingerprint density at radius 3 is 2.46 bits per heavy atom. The molecule has 1 aliphatic rings. The zero-order valence-electron chi connectivity index (χ0n) is 13.7. The number of urea groups is 1. The van der Waals surface area contributed by atoms with Crippen LogP contribution in [-0.2, 0) is 9.59 Å². The normalized spacial score (nSPS) is 17.5. The summed E-state index contributed by atoms with van der Waals surface area (Å²) in [6, 6.07) is 12.3. The molecule has 8 heteroatoms. The number of ether oxygens (including phenoxy) is 1. The monoisotopic (exact) mass is 371 g/mol. The number of carbonyl (C=O) groups excluding carboxylic acids is 3. The lowest BCUT2D eigenvalue weighted by atomic mass is 10.1. The average Bonchev–Trinajstić information content (AvgIpc) is 2.63. The zero-order valence-corrected chi connectivity index (χ0v) is 14.4. The Hall–Kier alpha value is -3.19. The Balaban J connectivity index is 1.89. The first-order valence-corrected chi connectivity index (χ1v) is 8.00. The minimum atomic E-state index is -1.24. The highest BCUT2D eigenvalue weighted by Crippen LogP contribution is 2.25. The number of benzene rings is 2. The van der Waals surface area contributed by atoms with Gasteiger partial charge in [-0.2, -0.15) is 0 Å². The van der Waals surface area contributed by atoms with Crippen LogP contribution in [0, 0.1) is 5.92 Å². The summed E-state index contributed by atoms with van der Waals surface area (Å²) in [5.41, 5.74) is 0.736. The second kappa shape index (κ2) is 7.37. The molecule has 0 aromatic heterocycles. The van der Waals surface area contributed by atoms with E-state index in [2.05, 4.69) is 10.3 Å². The predicted octanol–water partition coefficient (Wildman–Crippen LogP) is 2.95. The summed E-state index contributed by atoms with van der Waals surface area (Å²) in [6.07, 6.45) is 1.18. The van der Waals surface area contributed by atoms with Crippen molar-refractivity contribution in [3.63, 3.8) is 0 Å². The number of halogens is 1. The number of carbonyl (C=O) groups is 3. The van der Waals surface area contributed by atoms with Crippen LogP contribution in [0.25, 0.3) is 0 Å². The molecule has 0 aliphatic carbocycles. The summed E-state index contributed by atoms with van der Waals surface area (Å²) in [5, 5.41) is 2.54. The van der Waals surface area contributed by atoms with Crippen molar-refractivity contribution in [2.45, 2.75) is 0 Å². The molecule has 0 saturated carbocycles. The lowest BCUT2D eigenvalue weighted by molar-refractivity contribution is -0.131. The van der Waals surface area contributed by atoms with Gasteiger partial charge in [-0.25, -0.2) is 9.69 Å². The Morgan fingerprint density at radius 2 is 1.81 bits per heavy atom. The lowest BCUT2D eigenvalue weighted by Crippen LogP contribution is -2.58. The Kier molecular flexibility index (Phi) is 4.99. The van der Waals surface area contributed by atoms with Crippen molar-refractivity contribution >= 4 is 47.0 Å². The van der Waals surface area contributed by atoms with Crippen molar-refractivity contribution in [3.05, 3.63) is 53.6 Å². The SMILES string of the molecule is COc1ccc(N2C(=O)NC(=O)[C@H](C=Nc3ccccc3Cl)C2=O)cc1. The molecule has 2 aromatic carbocycles. The molecule has 132 valence electrons. The number of methoxy groups -OCH3 is 1. The molecule has 7 nitrogen and oxygen atoms in total. The van der Waals surface area contributed by atoms with Gasteiger partial charge in [0.05, 0.1) is 23.5 Å². The van der Waals surface area contributed by atoms with E-state index in [0.29, 0.717) is 22.1 Å². The highest BCUT2D eigenvalue weighted by atomic mass is 35.5.